The van der Waals surface area contributed by atoms with Crippen LogP contribution >= 0.6 is 0 Å². The molecule has 0 aliphatic heterocycles. The van der Waals surface area contributed by atoms with Crippen LogP contribution in [-0.4, -0.2) is 18.9 Å². The maximum absolute atomic E-state index is 5.54. The lowest BCUT2D eigenvalue weighted by molar-refractivity contribution is -0.0724. The molecular weight excluding hydrogens is 166 g/mol. The van der Waals surface area contributed by atoms with Gasteiger partial charge in [0.1, 0.15) is 6.79 Å². The van der Waals surface area contributed by atoms with E-state index in [0.29, 0.717) is 6.42 Å². The molecule has 70 valence electrons. The van der Waals surface area contributed by atoms with Crippen LogP contribution in [-0.2, 0) is 9.47 Å². The number of pyridine rings is 1. The van der Waals surface area contributed by atoms with E-state index in [2.05, 4.69) is 4.98 Å². The van der Waals surface area contributed by atoms with E-state index in [1.54, 1.807) is 19.5 Å². The molecule has 0 bridgehead atoms. The summed E-state index contributed by atoms with van der Waals surface area (Å²) in [6.45, 7) is 5.78. The molecule has 1 atom stereocenters. The molecule has 1 aromatic rings. The fraction of sp³-hybridized carbons (Fsp3) is 0.400. The van der Waals surface area contributed by atoms with Gasteiger partial charge >= 0.3 is 0 Å². The maximum Gasteiger partial charge on any atom is 0.147 e. The molecule has 0 amide bonds. The zero-order valence-corrected chi connectivity index (χ0v) is 7.64. The van der Waals surface area contributed by atoms with Crippen molar-refractivity contribution in [3.8, 4) is 0 Å². The summed E-state index contributed by atoms with van der Waals surface area (Å²) in [7, 11) is 1.58. The summed E-state index contributed by atoms with van der Waals surface area (Å²) >= 11 is 0. The summed E-state index contributed by atoms with van der Waals surface area (Å²) in [5.41, 5.74) is 0.974. The molecular formula is C10H13NO2. The third kappa shape index (κ3) is 3.13. The Kier molecular flexibility index (Phi) is 4.43. The standard InChI is InChI=1S/C10H13NO2/c1-3-10(13-8-12-2)9-5-4-6-11-7-9/h1,4-7,10H,3,8H2,2H3. The number of methoxy groups -OCH3 is 1. The molecule has 3 heteroatoms. The van der Waals surface area contributed by atoms with E-state index >= 15 is 0 Å². The van der Waals surface area contributed by atoms with Crippen molar-refractivity contribution in [2.45, 2.75) is 12.5 Å². The minimum atomic E-state index is -0.131. The fourth-order valence-electron chi connectivity index (χ4n) is 1.02. The van der Waals surface area contributed by atoms with E-state index < -0.39 is 0 Å². The van der Waals surface area contributed by atoms with Gasteiger partial charge in [0.15, 0.2) is 0 Å². The lowest BCUT2D eigenvalue weighted by atomic mass is 10.1. The van der Waals surface area contributed by atoms with Gasteiger partial charge in [-0.3, -0.25) is 4.98 Å². The quantitative estimate of drug-likeness (QED) is 0.646. The predicted molar refractivity (Wildman–Crippen MR) is 48.9 cm³/mol. The van der Waals surface area contributed by atoms with Gasteiger partial charge in [-0.1, -0.05) is 6.07 Å². The Balaban J connectivity index is 2.56. The lowest BCUT2D eigenvalue weighted by Gasteiger charge is -2.14. The van der Waals surface area contributed by atoms with Crippen LogP contribution in [0.4, 0.5) is 0 Å². The van der Waals surface area contributed by atoms with Crippen molar-refractivity contribution in [1.29, 1.82) is 0 Å². The van der Waals surface area contributed by atoms with Crippen LogP contribution < -0.4 is 0 Å². The molecule has 2 radical (unpaired) electrons. The fourth-order valence-corrected chi connectivity index (χ4v) is 1.02. The summed E-state index contributed by atoms with van der Waals surface area (Å²) in [6, 6.07) is 3.79. The summed E-state index contributed by atoms with van der Waals surface area (Å²) in [5.74, 6) is 0. The second-order valence-electron chi connectivity index (χ2n) is 2.58. The zero-order chi connectivity index (χ0) is 9.52. The molecule has 13 heavy (non-hydrogen) atoms. The molecule has 0 N–H and O–H groups in total. The summed E-state index contributed by atoms with van der Waals surface area (Å²) in [4.78, 5) is 3.99. The number of rotatable bonds is 5. The second kappa shape index (κ2) is 5.67. The van der Waals surface area contributed by atoms with Gasteiger partial charge in [-0.05, 0) is 25.0 Å². The molecule has 1 heterocycles. The van der Waals surface area contributed by atoms with Crippen molar-refractivity contribution in [1.82, 2.24) is 4.98 Å². The maximum atomic E-state index is 5.54. The van der Waals surface area contributed by atoms with Crippen LogP contribution in [0.2, 0.25) is 0 Å². The second-order valence-corrected chi connectivity index (χ2v) is 2.58. The predicted octanol–water partition coefficient (Wildman–Crippen LogP) is 1.84. The number of aromatic nitrogens is 1. The molecule has 3 nitrogen and oxygen atoms in total. The highest BCUT2D eigenvalue weighted by atomic mass is 16.7. The topological polar surface area (TPSA) is 31.4 Å². The number of ether oxygens (including phenoxy) is 2. The van der Waals surface area contributed by atoms with Gasteiger partial charge in [0.05, 0.1) is 6.10 Å². The average molecular weight is 179 g/mol. The van der Waals surface area contributed by atoms with Gasteiger partial charge in [0, 0.05) is 19.5 Å². The van der Waals surface area contributed by atoms with Gasteiger partial charge in [0.2, 0.25) is 0 Å². The van der Waals surface area contributed by atoms with E-state index in [0.717, 1.165) is 5.56 Å². The summed E-state index contributed by atoms with van der Waals surface area (Å²) < 4.78 is 10.1. The molecule has 1 unspecified atom stereocenters. The van der Waals surface area contributed by atoms with Crippen LogP contribution in [0.15, 0.2) is 24.5 Å². The smallest absolute Gasteiger partial charge is 0.147 e. The Labute approximate surface area is 78.7 Å². The number of hydrogen-bond donors (Lipinski definition) is 0. The van der Waals surface area contributed by atoms with Crippen molar-refractivity contribution in [3.63, 3.8) is 0 Å². The van der Waals surface area contributed by atoms with Gasteiger partial charge in [-0.2, -0.15) is 0 Å². The molecule has 0 fully saturated rings. The van der Waals surface area contributed by atoms with Crippen LogP contribution in [0.25, 0.3) is 0 Å². The van der Waals surface area contributed by atoms with E-state index in [9.17, 15) is 0 Å². The van der Waals surface area contributed by atoms with Crippen molar-refractivity contribution in [2.24, 2.45) is 0 Å². The third-order valence-corrected chi connectivity index (χ3v) is 1.66. The van der Waals surface area contributed by atoms with Gasteiger partial charge in [0.25, 0.3) is 0 Å². The largest absolute Gasteiger partial charge is 0.359 e. The first kappa shape index (κ1) is 10.2. The van der Waals surface area contributed by atoms with Crippen molar-refractivity contribution >= 4 is 0 Å². The van der Waals surface area contributed by atoms with Crippen molar-refractivity contribution < 1.29 is 9.47 Å². The van der Waals surface area contributed by atoms with E-state index in [1.807, 2.05) is 12.1 Å². The van der Waals surface area contributed by atoms with Gasteiger partial charge < -0.3 is 9.47 Å². The molecule has 0 spiro atoms. The monoisotopic (exact) mass is 179 g/mol. The average Bonchev–Trinajstić information content (AvgIpc) is 2.21. The lowest BCUT2D eigenvalue weighted by Crippen LogP contribution is -2.05. The zero-order valence-electron chi connectivity index (χ0n) is 7.64. The Morgan fingerprint density at radius 1 is 1.62 bits per heavy atom. The first-order chi connectivity index (χ1) is 6.38. The first-order valence-electron chi connectivity index (χ1n) is 4.09. The molecule has 0 saturated carbocycles. The van der Waals surface area contributed by atoms with Crippen molar-refractivity contribution in [2.75, 3.05) is 13.9 Å². The normalized spacial score (nSPS) is 12.8. The Morgan fingerprint density at radius 2 is 2.46 bits per heavy atom. The van der Waals surface area contributed by atoms with Crippen LogP contribution in [0.1, 0.15) is 18.1 Å². The van der Waals surface area contributed by atoms with E-state index in [4.69, 9.17) is 16.4 Å². The van der Waals surface area contributed by atoms with Gasteiger partial charge in [-0.25, -0.2) is 0 Å². The highest BCUT2D eigenvalue weighted by Gasteiger charge is 2.08. The molecule has 1 rings (SSSR count). The molecule has 0 aliphatic carbocycles. The minimum absolute atomic E-state index is 0.131. The highest BCUT2D eigenvalue weighted by Crippen LogP contribution is 2.18. The molecule has 0 aromatic carbocycles. The Morgan fingerprint density at radius 3 is 3.00 bits per heavy atom. The van der Waals surface area contributed by atoms with Gasteiger partial charge in [-0.15, -0.1) is 0 Å². The van der Waals surface area contributed by atoms with E-state index in [1.165, 1.54) is 0 Å². The van der Waals surface area contributed by atoms with Crippen LogP contribution in [0.3, 0.4) is 0 Å². The SMILES string of the molecule is [CH]CC(OCOC)c1cccnc1. The first-order valence-corrected chi connectivity index (χ1v) is 4.09. The summed E-state index contributed by atoms with van der Waals surface area (Å²) in [5, 5.41) is 0. The molecule has 1 aromatic heterocycles. The van der Waals surface area contributed by atoms with Crippen LogP contribution in [0, 0.1) is 6.92 Å². The highest BCUT2D eigenvalue weighted by molar-refractivity contribution is 5.12. The third-order valence-electron chi connectivity index (χ3n) is 1.66. The Hall–Kier alpha value is -0.930. The number of hydrogen-bond acceptors (Lipinski definition) is 3. The van der Waals surface area contributed by atoms with Crippen LogP contribution in [0.5, 0.6) is 0 Å². The number of nitrogens with zero attached hydrogens (tertiary/aromatic N) is 1. The van der Waals surface area contributed by atoms with Crippen molar-refractivity contribution in [3.05, 3.63) is 37.0 Å². The molecule has 0 aliphatic rings. The summed E-state index contributed by atoms with van der Waals surface area (Å²) in [6.07, 6.45) is 3.75. The van der Waals surface area contributed by atoms with E-state index in [-0.39, 0.29) is 12.9 Å². The minimum Gasteiger partial charge on any atom is -0.359 e. The Bertz CT molecular complexity index is 226. The molecule has 0 saturated heterocycles.